The fraction of sp³-hybridized carbons (Fsp3) is 1.00. The highest BCUT2D eigenvalue weighted by atomic mass is 16.3. The van der Waals surface area contributed by atoms with Gasteiger partial charge in [0.15, 0.2) is 0 Å². The van der Waals surface area contributed by atoms with Gasteiger partial charge in [0.2, 0.25) is 0 Å². The fourth-order valence-corrected chi connectivity index (χ4v) is 2.31. The van der Waals surface area contributed by atoms with E-state index in [1.165, 1.54) is 25.9 Å². The standard InChI is InChI=1S/C13H28N2O/c1-4-12-5-6-15(9-12)10-13(16)8-14-7-11(2)3/h11-14,16H,4-10H2,1-3H3. The van der Waals surface area contributed by atoms with E-state index in [9.17, 15) is 5.11 Å². The molecule has 0 aliphatic carbocycles. The molecule has 0 aromatic carbocycles. The van der Waals surface area contributed by atoms with Gasteiger partial charge >= 0.3 is 0 Å². The fourth-order valence-electron chi connectivity index (χ4n) is 2.31. The highest BCUT2D eigenvalue weighted by Gasteiger charge is 2.22. The average Bonchev–Trinajstić information content (AvgIpc) is 2.65. The molecule has 2 N–H and O–H groups in total. The van der Waals surface area contributed by atoms with Gasteiger partial charge in [0, 0.05) is 19.6 Å². The molecular formula is C13H28N2O. The van der Waals surface area contributed by atoms with E-state index >= 15 is 0 Å². The Kier molecular flexibility index (Phi) is 6.32. The number of nitrogens with zero attached hydrogens (tertiary/aromatic N) is 1. The van der Waals surface area contributed by atoms with Crippen LogP contribution in [0.3, 0.4) is 0 Å². The van der Waals surface area contributed by atoms with Crippen LogP contribution in [0.5, 0.6) is 0 Å². The number of hydrogen-bond acceptors (Lipinski definition) is 3. The van der Waals surface area contributed by atoms with Crippen LogP contribution in [0.25, 0.3) is 0 Å². The highest BCUT2D eigenvalue weighted by molar-refractivity contribution is 4.77. The van der Waals surface area contributed by atoms with Gasteiger partial charge in [-0.15, -0.1) is 0 Å². The van der Waals surface area contributed by atoms with Crippen LogP contribution in [-0.4, -0.2) is 48.8 Å². The first kappa shape index (κ1) is 13.9. The van der Waals surface area contributed by atoms with Crippen molar-refractivity contribution in [3.8, 4) is 0 Å². The minimum atomic E-state index is -0.214. The summed E-state index contributed by atoms with van der Waals surface area (Å²) >= 11 is 0. The second-order valence-corrected chi connectivity index (χ2v) is 5.53. The molecule has 1 fully saturated rings. The van der Waals surface area contributed by atoms with E-state index in [1.54, 1.807) is 0 Å². The summed E-state index contributed by atoms with van der Waals surface area (Å²) < 4.78 is 0. The lowest BCUT2D eigenvalue weighted by molar-refractivity contribution is 0.121. The van der Waals surface area contributed by atoms with Crippen molar-refractivity contribution in [2.24, 2.45) is 11.8 Å². The molecule has 0 aromatic rings. The third kappa shape index (κ3) is 5.28. The Balaban J connectivity index is 2.08. The largest absolute Gasteiger partial charge is 0.390 e. The summed E-state index contributed by atoms with van der Waals surface area (Å²) in [5, 5.41) is 13.2. The van der Waals surface area contributed by atoms with Gasteiger partial charge in [-0.1, -0.05) is 27.2 Å². The Hall–Kier alpha value is -0.120. The minimum Gasteiger partial charge on any atom is -0.390 e. The molecule has 0 amide bonds. The molecule has 3 nitrogen and oxygen atoms in total. The van der Waals surface area contributed by atoms with Gasteiger partial charge in [-0.05, 0) is 31.3 Å². The van der Waals surface area contributed by atoms with Crippen molar-refractivity contribution in [1.82, 2.24) is 10.2 Å². The maximum atomic E-state index is 9.88. The van der Waals surface area contributed by atoms with E-state index in [2.05, 4.69) is 31.0 Å². The zero-order chi connectivity index (χ0) is 12.0. The predicted octanol–water partition coefficient (Wildman–Crippen LogP) is 1.32. The lowest BCUT2D eigenvalue weighted by Gasteiger charge is -2.20. The van der Waals surface area contributed by atoms with Gasteiger partial charge in [-0.3, -0.25) is 0 Å². The Morgan fingerprint density at radius 2 is 2.12 bits per heavy atom. The lowest BCUT2D eigenvalue weighted by Crippen LogP contribution is -2.38. The Morgan fingerprint density at radius 3 is 2.69 bits per heavy atom. The second kappa shape index (κ2) is 7.25. The topological polar surface area (TPSA) is 35.5 Å². The second-order valence-electron chi connectivity index (χ2n) is 5.53. The molecule has 0 aromatic heterocycles. The molecule has 16 heavy (non-hydrogen) atoms. The van der Waals surface area contributed by atoms with E-state index in [1.807, 2.05) is 0 Å². The first-order chi connectivity index (χ1) is 7.61. The zero-order valence-corrected chi connectivity index (χ0v) is 11.1. The van der Waals surface area contributed by atoms with Gasteiger partial charge in [-0.25, -0.2) is 0 Å². The zero-order valence-electron chi connectivity index (χ0n) is 11.1. The molecule has 0 bridgehead atoms. The Bertz CT molecular complexity index is 185. The summed E-state index contributed by atoms with van der Waals surface area (Å²) in [6, 6.07) is 0. The quantitative estimate of drug-likeness (QED) is 0.690. The molecule has 2 unspecified atom stereocenters. The van der Waals surface area contributed by atoms with Crippen LogP contribution < -0.4 is 5.32 Å². The van der Waals surface area contributed by atoms with Crippen LogP contribution >= 0.6 is 0 Å². The number of nitrogens with one attached hydrogen (secondary N) is 1. The van der Waals surface area contributed by atoms with E-state index in [4.69, 9.17) is 0 Å². The molecule has 0 radical (unpaired) electrons. The molecule has 96 valence electrons. The summed E-state index contributed by atoms with van der Waals surface area (Å²) in [6.45, 7) is 11.5. The molecule has 1 heterocycles. The van der Waals surface area contributed by atoms with Crippen LogP contribution in [-0.2, 0) is 0 Å². The first-order valence-electron chi connectivity index (χ1n) is 6.73. The lowest BCUT2D eigenvalue weighted by atomic mass is 10.1. The predicted molar refractivity (Wildman–Crippen MR) is 68.6 cm³/mol. The van der Waals surface area contributed by atoms with Gasteiger partial charge in [0.25, 0.3) is 0 Å². The minimum absolute atomic E-state index is 0.214. The maximum Gasteiger partial charge on any atom is 0.0791 e. The van der Waals surface area contributed by atoms with Crippen LogP contribution in [0.15, 0.2) is 0 Å². The molecule has 3 heteroatoms. The third-order valence-electron chi connectivity index (χ3n) is 3.35. The first-order valence-corrected chi connectivity index (χ1v) is 6.73. The van der Waals surface area contributed by atoms with E-state index in [0.29, 0.717) is 5.92 Å². The molecular weight excluding hydrogens is 200 g/mol. The molecule has 2 atom stereocenters. The summed E-state index contributed by atoms with van der Waals surface area (Å²) in [7, 11) is 0. The maximum absolute atomic E-state index is 9.88. The monoisotopic (exact) mass is 228 g/mol. The van der Waals surface area contributed by atoms with Crippen molar-refractivity contribution in [3.63, 3.8) is 0 Å². The SMILES string of the molecule is CCC1CCN(CC(O)CNCC(C)C)C1. The van der Waals surface area contributed by atoms with Gasteiger partial charge < -0.3 is 15.3 Å². The third-order valence-corrected chi connectivity index (χ3v) is 3.35. The Labute approximate surface area is 100 Å². The molecule has 1 rings (SSSR count). The van der Waals surface area contributed by atoms with E-state index < -0.39 is 0 Å². The van der Waals surface area contributed by atoms with E-state index in [0.717, 1.165) is 25.6 Å². The van der Waals surface area contributed by atoms with Crippen molar-refractivity contribution >= 4 is 0 Å². The van der Waals surface area contributed by atoms with Crippen molar-refractivity contribution in [2.75, 3.05) is 32.7 Å². The van der Waals surface area contributed by atoms with Crippen molar-refractivity contribution in [1.29, 1.82) is 0 Å². The van der Waals surface area contributed by atoms with Gasteiger partial charge in [0.05, 0.1) is 6.10 Å². The van der Waals surface area contributed by atoms with Crippen LogP contribution in [0.1, 0.15) is 33.6 Å². The smallest absolute Gasteiger partial charge is 0.0791 e. The summed E-state index contributed by atoms with van der Waals surface area (Å²) in [5.74, 6) is 1.51. The van der Waals surface area contributed by atoms with Crippen LogP contribution in [0.4, 0.5) is 0 Å². The molecule has 0 spiro atoms. The summed E-state index contributed by atoms with van der Waals surface area (Å²) in [5.41, 5.74) is 0. The normalized spacial score (nSPS) is 24.2. The average molecular weight is 228 g/mol. The summed E-state index contributed by atoms with van der Waals surface area (Å²) in [6.07, 6.45) is 2.37. The molecule has 0 saturated carbocycles. The van der Waals surface area contributed by atoms with Gasteiger partial charge in [-0.2, -0.15) is 0 Å². The molecule has 1 saturated heterocycles. The van der Waals surface area contributed by atoms with Crippen molar-refractivity contribution in [2.45, 2.75) is 39.7 Å². The number of hydrogen-bond donors (Lipinski definition) is 2. The molecule has 1 aliphatic heterocycles. The number of aliphatic hydroxyl groups is 1. The number of aliphatic hydroxyl groups excluding tert-OH is 1. The summed E-state index contributed by atoms with van der Waals surface area (Å²) in [4.78, 5) is 2.40. The molecule has 1 aliphatic rings. The Morgan fingerprint density at radius 1 is 1.38 bits per heavy atom. The van der Waals surface area contributed by atoms with Gasteiger partial charge in [0.1, 0.15) is 0 Å². The number of likely N-dealkylation sites (tertiary alicyclic amines) is 1. The van der Waals surface area contributed by atoms with Crippen LogP contribution in [0.2, 0.25) is 0 Å². The van der Waals surface area contributed by atoms with Crippen molar-refractivity contribution < 1.29 is 5.11 Å². The van der Waals surface area contributed by atoms with E-state index in [-0.39, 0.29) is 6.10 Å². The number of β-amino-alcohol motifs (C(OH)–C–C–N with tert-alkyl or cyclic N) is 1. The highest BCUT2D eigenvalue weighted by Crippen LogP contribution is 2.18. The van der Waals surface area contributed by atoms with Crippen LogP contribution in [0, 0.1) is 11.8 Å². The number of rotatable bonds is 7. The van der Waals surface area contributed by atoms with Crippen molar-refractivity contribution in [3.05, 3.63) is 0 Å².